The molecule has 2 N–H and O–H groups in total. The third kappa shape index (κ3) is 3.10. The lowest BCUT2D eigenvalue weighted by atomic mass is 10.1. The van der Waals surface area contributed by atoms with Crippen molar-refractivity contribution in [1.29, 1.82) is 0 Å². The van der Waals surface area contributed by atoms with Crippen LogP contribution in [-0.4, -0.2) is 43.1 Å². The summed E-state index contributed by atoms with van der Waals surface area (Å²) >= 11 is 1.68. The van der Waals surface area contributed by atoms with Crippen LogP contribution in [0.1, 0.15) is 17.0 Å². The van der Waals surface area contributed by atoms with Crippen molar-refractivity contribution in [3.63, 3.8) is 0 Å². The first-order chi connectivity index (χ1) is 9.34. The number of aromatic nitrogens is 1. The summed E-state index contributed by atoms with van der Waals surface area (Å²) < 4.78 is 24.1. The second-order valence-electron chi connectivity index (χ2n) is 5.10. The van der Waals surface area contributed by atoms with E-state index in [2.05, 4.69) is 4.98 Å². The van der Waals surface area contributed by atoms with Gasteiger partial charge in [0.1, 0.15) is 5.37 Å². The zero-order valence-corrected chi connectivity index (χ0v) is 13.7. The number of anilines is 1. The van der Waals surface area contributed by atoms with Gasteiger partial charge in [-0.2, -0.15) is 11.8 Å². The molecule has 0 radical (unpaired) electrons. The molecule has 1 aliphatic heterocycles. The highest BCUT2D eigenvalue weighted by molar-refractivity contribution is 8.01. The molecule has 1 atom stereocenters. The smallest absolute Gasteiger partial charge is 0.169 e. The second-order valence-corrected chi connectivity index (χ2v) is 8.46. The third-order valence-electron chi connectivity index (χ3n) is 3.53. The molecule has 7 heteroatoms. The molecule has 112 valence electrons. The number of nitrogens with two attached hydrogens (primary N) is 1. The van der Waals surface area contributed by atoms with Crippen LogP contribution in [-0.2, 0) is 16.4 Å². The van der Waals surface area contributed by atoms with E-state index in [1.807, 2.05) is 24.8 Å². The first-order valence-corrected chi connectivity index (χ1v) is 9.66. The Kier molecular flexibility index (Phi) is 4.61. The number of sulfone groups is 1. The largest absolute Gasteiger partial charge is 0.353 e. The maximum absolute atomic E-state index is 12.0. The number of hydrogen-bond acceptors (Lipinski definition) is 6. The summed E-state index contributed by atoms with van der Waals surface area (Å²) in [6.07, 6.45) is 1.31. The highest BCUT2D eigenvalue weighted by atomic mass is 32.2. The van der Waals surface area contributed by atoms with Crippen LogP contribution in [0.15, 0.2) is 6.07 Å². The van der Waals surface area contributed by atoms with Crippen molar-refractivity contribution in [3.8, 4) is 0 Å². The zero-order chi connectivity index (χ0) is 14.9. The van der Waals surface area contributed by atoms with Gasteiger partial charge >= 0.3 is 0 Å². The van der Waals surface area contributed by atoms with E-state index in [1.165, 1.54) is 6.26 Å². The quantitative estimate of drug-likeness (QED) is 0.899. The van der Waals surface area contributed by atoms with Gasteiger partial charge in [0, 0.05) is 53.5 Å². The maximum Gasteiger partial charge on any atom is 0.169 e. The Morgan fingerprint density at radius 2 is 2.20 bits per heavy atom. The molecule has 0 amide bonds. The lowest BCUT2D eigenvalue weighted by molar-refractivity contribution is 0.584. The molecule has 1 saturated heterocycles. The van der Waals surface area contributed by atoms with Crippen molar-refractivity contribution in [2.24, 2.45) is 5.73 Å². The summed E-state index contributed by atoms with van der Waals surface area (Å²) in [5.41, 5.74) is 9.48. The van der Waals surface area contributed by atoms with Gasteiger partial charge in [-0.25, -0.2) is 8.42 Å². The summed E-state index contributed by atoms with van der Waals surface area (Å²) in [7, 11) is -3.13. The van der Waals surface area contributed by atoms with Crippen molar-refractivity contribution in [2.45, 2.75) is 25.8 Å². The topological polar surface area (TPSA) is 76.3 Å². The van der Waals surface area contributed by atoms with Crippen LogP contribution in [0.3, 0.4) is 0 Å². The zero-order valence-electron chi connectivity index (χ0n) is 12.1. The van der Waals surface area contributed by atoms with E-state index >= 15 is 0 Å². The molecular formula is C13H21N3O2S2. The minimum Gasteiger partial charge on any atom is -0.353 e. The average molecular weight is 315 g/mol. The van der Waals surface area contributed by atoms with Gasteiger partial charge in [0.25, 0.3) is 0 Å². The standard InChI is InChI=1S/C13H21N3O2S2/c1-9-6-12(11(7-14)10(2)15-9)16-4-5-19-8-13(16)20(3,17)18/h6,13H,4-5,7-8,14H2,1-3H3. The SMILES string of the molecule is Cc1cc(N2CCSCC2S(C)(=O)=O)c(CN)c(C)n1. The van der Waals surface area contributed by atoms with E-state index < -0.39 is 15.2 Å². The number of nitrogens with zero attached hydrogens (tertiary/aromatic N) is 2. The Morgan fingerprint density at radius 3 is 2.80 bits per heavy atom. The van der Waals surface area contributed by atoms with Gasteiger partial charge in [-0.1, -0.05) is 0 Å². The van der Waals surface area contributed by atoms with Gasteiger partial charge in [-0.3, -0.25) is 4.98 Å². The number of aryl methyl sites for hydroxylation is 2. The molecule has 2 rings (SSSR count). The molecule has 0 saturated carbocycles. The van der Waals surface area contributed by atoms with Gasteiger partial charge in [-0.15, -0.1) is 0 Å². The number of pyridine rings is 1. The van der Waals surface area contributed by atoms with Gasteiger partial charge in [0.05, 0.1) is 0 Å². The van der Waals surface area contributed by atoms with E-state index in [9.17, 15) is 8.42 Å². The molecule has 5 nitrogen and oxygen atoms in total. The minimum absolute atomic E-state index is 0.370. The summed E-state index contributed by atoms with van der Waals surface area (Å²) in [5, 5.41) is -0.479. The van der Waals surface area contributed by atoms with E-state index in [0.29, 0.717) is 12.3 Å². The fourth-order valence-corrected chi connectivity index (χ4v) is 5.39. The van der Waals surface area contributed by atoms with E-state index in [-0.39, 0.29) is 0 Å². The summed E-state index contributed by atoms with van der Waals surface area (Å²) in [6.45, 7) is 4.94. The number of rotatable bonds is 3. The lowest BCUT2D eigenvalue weighted by Gasteiger charge is -2.37. The molecule has 20 heavy (non-hydrogen) atoms. The molecule has 1 aromatic rings. The summed E-state index contributed by atoms with van der Waals surface area (Å²) in [6, 6.07) is 1.95. The first kappa shape index (κ1) is 15.6. The predicted octanol–water partition coefficient (Wildman–Crippen LogP) is 1.08. The van der Waals surface area contributed by atoms with Crippen molar-refractivity contribution in [2.75, 3.05) is 29.2 Å². The van der Waals surface area contributed by atoms with Crippen LogP contribution >= 0.6 is 11.8 Å². The molecule has 1 aliphatic rings. The first-order valence-electron chi connectivity index (χ1n) is 6.55. The maximum atomic E-state index is 12.0. The summed E-state index contributed by atoms with van der Waals surface area (Å²) in [4.78, 5) is 6.41. The Labute approximate surface area is 124 Å². The van der Waals surface area contributed by atoms with Crippen molar-refractivity contribution in [3.05, 3.63) is 23.0 Å². The Morgan fingerprint density at radius 1 is 1.50 bits per heavy atom. The van der Waals surface area contributed by atoms with E-state index in [4.69, 9.17) is 5.73 Å². The van der Waals surface area contributed by atoms with Gasteiger partial charge in [0.15, 0.2) is 9.84 Å². The normalized spacial score (nSPS) is 20.2. The van der Waals surface area contributed by atoms with Gasteiger partial charge in [-0.05, 0) is 19.9 Å². The second kappa shape index (κ2) is 5.91. The monoisotopic (exact) mass is 315 g/mol. The van der Waals surface area contributed by atoms with Crippen LogP contribution in [0, 0.1) is 13.8 Å². The van der Waals surface area contributed by atoms with Crippen LogP contribution in [0.5, 0.6) is 0 Å². The minimum atomic E-state index is -3.13. The molecule has 0 aromatic carbocycles. The molecule has 2 heterocycles. The van der Waals surface area contributed by atoms with Crippen LogP contribution in [0.2, 0.25) is 0 Å². The molecular weight excluding hydrogens is 294 g/mol. The Bertz CT molecular complexity index is 602. The fourth-order valence-electron chi connectivity index (χ4n) is 2.55. The number of thioether (sulfide) groups is 1. The third-order valence-corrected chi connectivity index (χ3v) is 6.17. The predicted molar refractivity (Wildman–Crippen MR) is 84.9 cm³/mol. The van der Waals surface area contributed by atoms with E-state index in [0.717, 1.165) is 34.9 Å². The summed E-state index contributed by atoms with van der Waals surface area (Å²) in [5.74, 6) is 1.53. The van der Waals surface area contributed by atoms with Gasteiger partial charge < -0.3 is 10.6 Å². The Balaban J connectivity index is 2.53. The fraction of sp³-hybridized carbons (Fsp3) is 0.615. The van der Waals surface area contributed by atoms with Crippen molar-refractivity contribution >= 4 is 27.3 Å². The van der Waals surface area contributed by atoms with E-state index in [1.54, 1.807) is 11.8 Å². The molecule has 0 bridgehead atoms. The van der Waals surface area contributed by atoms with Crippen molar-refractivity contribution < 1.29 is 8.42 Å². The van der Waals surface area contributed by atoms with Gasteiger partial charge in [0.2, 0.25) is 0 Å². The highest BCUT2D eigenvalue weighted by Crippen LogP contribution is 2.31. The molecule has 1 unspecified atom stereocenters. The molecule has 1 aromatic heterocycles. The number of hydrogen-bond donors (Lipinski definition) is 1. The average Bonchev–Trinajstić information content (AvgIpc) is 2.37. The lowest BCUT2D eigenvalue weighted by Crippen LogP contribution is -2.47. The molecule has 0 aliphatic carbocycles. The van der Waals surface area contributed by atoms with Crippen LogP contribution in [0.25, 0.3) is 0 Å². The van der Waals surface area contributed by atoms with Crippen LogP contribution in [0.4, 0.5) is 5.69 Å². The molecule has 0 spiro atoms. The highest BCUT2D eigenvalue weighted by Gasteiger charge is 2.32. The Hall–Kier alpha value is -0.790. The molecule has 1 fully saturated rings. The van der Waals surface area contributed by atoms with Crippen LogP contribution < -0.4 is 10.6 Å². The van der Waals surface area contributed by atoms with Crippen molar-refractivity contribution in [1.82, 2.24) is 4.98 Å².